The summed E-state index contributed by atoms with van der Waals surface area (Å²) in [7, 11) is -3.53. The van der Waals surface area contributed by atoms with Gasteiger partial charge in [-0.3, -0.25) is 13.9 Å². The number of nitrogens with one attached hydrogen (secondary N) is 1. The minimum absolute atomic E-state index is 0.138. The molecule has 2 aromatic rings. The quantitative estimate of drug-likeness (QED) is 0.474. The molecule has 0 fully saturated rings. The van der Waals surface area contributed by atoms with Gasteiger partial charge in [0, 0.05) is 26.1 Å². The fourth-order valence-electron chi connectivity index (χ4n) is 4.17. The molecule has 2 aromatic carbocycles. The number of aryl methyl sites for hydroxylation is 2. The number of nitrogens with zero attached hydrogens (tertiary/aromatic N) is 2. The van der Waals surface area contributed by atoms with Crippen LogP contribution in [-0.2, 0) is 26.2 Å². The molecule has 0 radical (unpaired) electrons. The molecule has 0 bridgehead atoms. The van der Waals surface area contributed by atoms with Crippen LogP contribution in [-0.4, -0.2) is 50.5 Å². The normalized spacial score (nSPS) is 12.2. The molecule has 2 amide bonds. The highest BCUT2D eigenvalue weighted by molar-refractivity contribution is 7.92. The number of carbonyl (C=O) groups excluding carboxylic acids is 2. The van der Waals surface area contributed by atoms with Crippen LogP contribution in [0, 0.1) is 20.8 Å². The zero-order valence-electron chi connectivity index (χ0n) is 21.8. The van der Waals surface area contributed by atoms with Crippen LogP contribution >= 0.6 is 0 Å². The molecule has 1 atom stereocenters. The Kier molecular flexibility index (Phi) is 10.3. The molecular weight excluding hydrogens is 462 g/mol. The summed E-state index contributed by atoms with van der Waals surface area (Å²) in [5.74, 6) is -0.342. The van der Waals surface area contributed by atoms with Crippen molar-refractivity contribution in [3.05, 3.63) is 64.7 Å². The number of benzene rings is 2. The average molecular weight is 502 g/mol. The third-order valence-electron chi connectivity index (χ3n) is 6.34. The Labute approximate surface area is 210 Å². The molecule has 2 rings (SSSR count). The Morgan fingerprint density at radius 1 is 0.971 bits per heavy atom. The molecule has 1 N–H and O–H groups in total. The Bertz CT molecular complexity index is 1130. The number of amides is 2. The van der Waals surface area contributed by atoms with Crippen molar-refractivity contribution < 1.29 is 18.0 Å². The number of rotatable bonds is 12. The van der Waals surface area contributed by atoms with E-state index in [1.165, 1.54) is 10.6 Å². The first kappa shape index (κ1) is 28.4. The molecule has 0 saturated heterocycles. The maximum atomic E-state index is 13.4. The molecular formula is C27H39N3O4S. The molecule has 8 heteroatoms. The lowest BCUT2D eigenvalue weighted by atomic mass is 10.0. The van der Waals surface area contributed by atoms with E-state index in [9.17, 15) is 18.0 Å². The van der Waals surface area contributed by atoms with Crippen LogP contribution in [0.25, 0.3) is 0 Å². The van der Waals surface area contributed by atoms with Gasteiger partial charge in [-0.2, -0.15) is 0 Å². The number of hydrogen-bond acceptors (Lipinski definition) is 4. The Hall–Kier alpha value is -2.87. The lowest BCUT2D eigenvalue weighted by molar-refractivity contribution is -0.141. The van der Waals surface area contributed by atoms with Gasteiger partial charge in [0.2, 0.25) is 21.8 Å². The standard InChI is InChI=1S/C27H39N3O4S/c1-7-24(27(32)28-8-2)29(19-23-15-10-9-13-21(23)4)26(31)17-12-18-30(35(6,33)34)25-16-11-14-20(3)22(25)5/h9-11,13-16,24H,7-8,12,17-19H2,1-6H3,(H,28,32). The molecule has 0 saturated carbocycles. The summed E-state index contributed by atoms with van der Waals surface area (Å²) in [6.07, 6.45) is 2.15. The van der Waals surface area contributed by atoms with E-state index in [4.69, 9.17) is 0 Å². The topological polar surface area (TPSA) is 86.8 Å². The van der Waals surface area contributed by atoms with Crippen LogP contribution in [0.4, 0.5) is 5.69 Å². The van der Waals surface area contributed by atoms with Gasteiger partial charge in [0.05, 0.1) is 11.9 Å². The number of anilines is 1. The first-order valence-electron chi connectivity index (χ1n) is 12.2. The van der Waals surface area contributed by atoms with Crippen molar-refractivity contribution >= 4 is 27.5 Å². The van der Waals surface area contributed by atoms with Gasteiger partial charge in [0.25, 0.3) is 0 Å². The number of carbonyl (C=O) groups is 2. The smallest absolute Gasteiger partial charge is 0.242 e. The zero-order chi connectivity index (χ0) is 26.2. The highest BCUT2D eigenvalue weighted by atomic mass is 32.2. The molecule has 7 nitrogen and oxygen atoms in total. The fraction of sp³-hybridized carbons (Fsp3) is 0.481. The van der Waals surface area contributed by atoms with Gasteiger partial charge in [-0.25, -0.2) is 8.42 Å². The average Bonchev–Trinajstić information content (AvgIpc) is 2.79. The van der Waals surface area contributed by atoms with Crippen molar-refractivity contribution in [2.45, 2.75) is 66.5 Å². The summed E-state index contributed by atoms with van der Waals surface area (Å²) < 4.78 is 26.5. The lowest BCUT2D eigenvalue weighted by Crippen LogP contribution is -2.49. The fourth-order valence-corrected chi connectivity index (χ4v) is 5.19. The van der Waals surface area contributed by atoms with Crippen LogP contribution in [0.15, 0.2) is 42.5 Å². The van der Waals surface area contributed by atoms with Crippen molar-refractivity contribution in [3.8, 4) is 0 Å². The summed E-state index contributed by atoms with van der Waals surface area (Å²) in [5, 5.41) is 2.84. The monoisotopic (exact) mass is 501 g/mol. The van der Waals surface area contributed by atoms with Gasteiger partial charge < -0.3 is 10.2 Å². The van der Waals surface area contributed by atoms with Crippen LogP contribution in [0.2, 0.25) is 0 Å². The van der Waals surface area contributed by atoms with Crippen molar-refractivity contribution in [2.75, 3.05) is 23.7 Å². The van der Waals surface area contributed by atoms with Crippen molar-refractivity contribution in [1.29, 1.82) is 0 Å². The van der Waals surface area contributed by atoms with E-state index >= 15 is 0 Å². The second-order valence-electron chi connectivity index (χ2n) is 8.92. The third-order valence-corrected chi connectivity index (χ3v) is 7.52. The molecule has 0 spiro atoms. The van der Waals surface area contributed by atoms with E-state index in [0.29, 0.717) is 31.6 Å². The largest absolute Gasteiger partial charge is 0.355 e. The van der Waals surface area contributed by atoms with E-state index in [2.05, 4.69) is 5.32 Å². The first-order valence-corrected chi connectivity index (χ1v) is 14.0. The third kappa shape index (κ3) is 7.56. The van der Waals surface area contributed by atoms with E-state index < -0.39 is 16.1 Å². The van der Waals surface area contributed by atoms with Gasteiger partial charge in [0.1, 0.15) is 6.04 Å². The predicted molar refractivity (Wildman–Crippen MR) is 142 cm³/mol. The number of hydrogen-bond donors (Lipinski definition) is 1. The second kappa shape index (κ2) is 12.7. The highest BCUT2D eigenvalue weighted by Gasteiger charge is 2.29. The molecule has 0 aliphatic heterocycles. The summed E-state index contributed by atoms with van der Waals surface area (Å²) in [4.78, 5) is 27.8. The van der Waals surface area contributed by atoms with Gasteiger partial charge in [-0.1, -0.05) is 43.3 Å². The van der Waals surface area contributed by atoms with Crippen LogP contribution < -0.4 is 9.62 Å². The second-order valence-corrected chi connectivity index (χ2v) is 10.8. The minimum Gasteiger partial charge on any atom is -0.355 e. The molecule has 192 valence electrons. The Balaban J connectivity index is 2.25. The first-order chi connectivity index (χ1) is 16.5. The summed E-state index contributed by atoms with van der Waals surface area (Å²) in [6, 6.07) is 12.8. The SMILES string of the molecule is CCNC(=O)C(CC)N(Cc1ccccc1C)C(=O)CCCN(c1cccc(C)c1C)S(C)(=O)=O. The van der Waals surface area contributed by atoms with Gasteiger partial charge in [0.15, 0.2) is 0 Å². The molecule has 0 aromatic heterocycles. The van der Waals surface area contributed by atoms with Gasteiger partial charge in [-0.05, 0) is 68.9 Å². The van der Waals surface area contributed by atoms with Crippen LogP contribution in [0.5, 0.6) is 0 Å². The van der Waals surface area contributed by atoms with Gasteiger partial charge >= 0.3 is 0 Å². The van der Waals surface area contributed by atoms with Crippen molar-refractivity contribution in [2.24, 2.45) is 0 Å². The molecule has 0 heterocycles. The minimum atomic E-state index is -3.53. The van der Waals surface area contributed by atoms with E-state index in [1.807, 2.05) is 71.0 Å². The molecule has 0 aliphatic rings. The number of likely N-dealkylation sites (N-methyl/N-ethyl adjacent to an activating group) is 1. The molecule has 1 unspecified atom stereocenters. The van der Waals surface area contributed by atoms with Crippen LogP contribution in [0.3, 0.4) is 0 Å². The Morgan fingerprint density at radius 2 is 1.63 bits per heavy atom. The summed E-state index contributed by atoms with van der Waals surface area (Å²) in [6.45, 7) is 10.6. The predicted octanol–water partition coefficient (Wildman–Crippen LogP) is 4.10. The van der Waals surface area contributed by atoms with E-state index in [0.717, 1.165) is 22.3 Å². The van der Waals surface area contributed by atoms with Gasteiger partial charge in [-0.15, -0.1) is 0 Å². The maximum Gasteiger partial charge on any atom is 0.242 e. The van der Waals surface area contributed by atoms with Crippen molar-refractivity contribution in [1.82, 2.24) is 10.2 Å². The van der Waals surface area contributed by atoms with E-state index in [-0.39, 0.29) is 24.8 Å². The number of sulfonamides is 1. The van der Waals surface area contributed by atoms with E-state index in [1.54, 1.807) is 11.0 Å². The maximum absolute atomic E-state index is 13.4. The molecule has 35 heavy (non-hydrogen) atoms. The summed E-state index contributed by atoms with van der Waals surface area (Å²) >= 11 is 0. The van der Waals surface area contributed by atoms with Crippen molar-refractivity contribution in [3.63, 3.8) is 0 Å². The van der Waals surface area contributed by atoms with Crippen LogP contribution in [0.1, 0.15) is 55.4 Å². The highest BCUT2D eigenvalue weighted by Crippen LogP contribution is 2.25. The lowest BCUT2D eigenvalue weighted by Gasteiger charge is -2.31. The molecule has 0 aliphatic carbocycles. The Morgan fingerprint density at radius 3 is 2.23 bits per heavy atom. The zero-order valence-corrected chi connectivity index (χ0v) is 22.6. The summed E-state index contributed by atoms with van der Waals surface area (Å²) in [5.41, 5.74) is 4.56.